The van der Waals surface area contributed by atoms with E-state index in [4.69, 9.17) is 14.2 Å². The number of ether oxygens (including phenoxy) is 3. The molecule has 1 unspecified atom stereocenters. The minimum absolute atomic E-state index is 0.347. The maximum absolute atomic E-state index is 12.6. The highest BCUT2D eigenvalue weighted by Crippen LogP contribution is 2.48. The van der Waals surface area contributed by atoms with Crippen molar-refractivity contribution in [3.8, 4) is 16.9 Å². The third-order valence-electron chi connectivity index (χ3n) is 5.72. The number of benzene rings is 2. The van der Waals surface area contributed by atoms with Crippen LogP contribution < -0.4 is 4.74 Å². The Hall–Kier alpha value is -2.33. The number of methoxy groups -OCH3 is 1. The topological polar surface area (TPSA) is 44.8 Å². The SMILES string of the molecule is CCOC(C(=O)OC)c1c(C)ccc(C2CC2)c1-c1ccc2c(c1)CCCO2. The van der Waals surface area contributed by atoms with Gasteiger partial charge in [0, 0.05) is 12.2 Å². The molecule has 4 nitrogen and oxygen atoms in total. The van der Waals surface area contributed by atoms with Gasteiger partial charge in [0.1, 0.15) is 5.75 Å². The number of carbonyl (C=O) groups excluding carboxylic acids is 1. The van der Waals surface area contributed by atoms with Crippen molar-refractivity contribution >= 4 is 5.97 Å². The van der Waals surface area contributed by atoms with Crippen molar-refractivity contribution in [3.05, 3.63) is 52.6 Å². The van der Waals surface area contributed by atoms with Crippen LogP contribution in [0.3, 0.4) is 0 Å². The summed E-state index contributed by atoms with van der Waals surface area (Å²) >= 11 is 0. The number of hydrogen-bond acceptors (Lipinski definition) is 4. The maximum atomic E-state index is 12.6. The van der Waals surface area contributed by atoms with Gasteiger partial charge in [-0.1, -0.05) is 18.2 Å². The average Bonchev–Trinajstić information content (AvgIpc) is 3.56. The Bertz CT molecular complexity index is 882. The van der Waals surface area contributed by atoms with E-state index in [9.17, 15) is 4.79 Å². The molecule has 148 valence electrons. The third kappa shape index (κ3) is 3.53. The van der Waals surface area contributed by atoms with Gasteiger partial charge in [-0.05, 0) is 85.4 Å². The average molecular weight is 380 g/mol. The molecule has 4 rings (SSSR count). The van der Waals surface area contributed by atoms with Crippen LogP contribution in [0.4, 0.5) is 0 Å². The predicted octanol–water partition coefficient (Wildman–Crippen LogP) is 5.12. The van der Waals surface area contributed by atoms with Crippen molar-refractivity contribution in [2.45, 2.75) is 51.6 Å². The molecular formula is C24H28O4. The van der Waals surface area contributed by atoms with Crippen molar-refractivity contribution in [1.82, 2.24) is 0 Å². The Morgan fingerprint density at radius 1 is 1.25 bits per heavy atom. The number of fused-ring (bicyclic) bond motifs is 1. The first-order valence-electron chi connectivity index (χ1n) is 10.2. The molecule has 0 radical (unpaired) electrons. The molecule has 0 saturated heterocycles. The summed E-state index contributed by atoms with van der Waals surface area (Å²) in [6.45, 7) is 5.19. The molecule has 2 aromatic carbocycles. The number of esters is 1. The van der Waals surface area contributed by atoms with Gasteiger partial charge in [-0.2, -0.15) is 0 Å². The molecule has 2 aliphatic rings. The molecule has 0 N–H and O–H groups in total. The molecule has 4 heteroatoms. The van der Waals surface area contributed by atoms with Crippen LogP contribution in [0.1, 0.15) is 60.5 Å². The summed E-state index contributed by atoms with van der Waals surface area (Å²) < 4.78 is 16.8. The zero-order chi connectivity index (χ0) is 19.7. The summed E-state index contributed by atoms with van der Waals surface area (Å²) in [6, 6.07) is 10.8. The van der Waals surface area contributed by atoms with Gasteiger partial charge >= 0.3 is 5.97 Å². The summed E-state index contributed by atoms with van der Waals surface area (Å²) in [6.07, 6.45) is 3.74. The molecule has 2 aromatic rings. The lowest BCUT2D eigenvalue weighted by Crippen LogP contribution is -2.20. The van der Waals surface area contributed by atoms with Crippen molar-refractivity contribution in [3.63, 3.8) is 0 Å². The van der Waals surface area contributed by atoms with E-state index < -0.39 is 6.10 Å². The summed E-state index contributed by atoms with van der Waals surface area (Å²) in [5, 5.41) is 0. The van der Waals surface area contributed by atoms with Gasteiger partial charge in [-0.15, -0.1) is 0 Å². The highest BCUT2D eigenvalue weighted by Gasteiger charge is 2.33. The number of hydrogen-bond donors (Lipinski definition) is 0. The second kappa shape index (κ2) is 7.96. The van der Waals surface area contributed by atoms with Gasteiger partial charge in [0.2, 0.25) is 0 Å². The van der Waals surface area contributed by atoms with Crippen LogP contribution in [-0.4, -0.2) is 26.3 Å². The molecule has 0 aromatic heterocycles. The van der Waals surface area contributed by atoms with Crippen LogP contribution >= 0.6 is 0 Å². The lowest BCUT2D eigenvalue weighted by molar-refractivity contribution is -0.154. The molecule has 1 aliphatic carbocycles. The van der Waals surface area contributed by atoms with Gasteiger partial charge in [0.25, 0.3) is 0 Å². The standard InChI is InChI=1S/C24H28O4/c1-4-27-23(24(25)26-3)21-15(2)7-11-19(16-8-9-16)22(21)18-10-12-20-17(14-18)6-5-13-28-20/h7,10-12,14,16,23H,4-6,8-9,13H2,1-3H3. The van der Waals surface area contributed by atoms with Crippen LogP contribution in [0, 0.1) is 6.92 Å². The van der Waals surface area contributed by atoms with Crippen LogP contribution in [0.2, 0.25) is 0 Å². The highest BCUT2D eigenvalue weighted by atomic mass is 16.6. The van der Waals surface area contributed by atoms with Gasteiger partial charge in [0.05, 0.1) is 13.7 Å². The van der Waals surface area contributed by atoms with E-state index in [2.05, 4.69) is 30.3 Å². The van der Waals surface area contributed by atoms with Crippen molar-refractivity contribution in [2.75, 3.05) is 20.3 Å². The molecule has 0 amide bonds. The zero-order valence-electron chi connectivity index (χ0n) is 16.9. The van der Waals surface area contributed by atoms with E-state index in [0.29, 0.717) is 12.5 Å². The fraction of sp³-hybridized carbons (Fsp3) is 0.458. The highest BCUT2D eigenvalue weighted by molar-refractivity contribution is 5.84. The van der Waals surface area contributed by atoms with Crippen molar-refractivity contribution < 1.29 is 19.0 Å². The smallest absolute Gasteiger partial charge is 0.339 e. The summed E-state index contributed by atoms with van der Waals surface area (Å²) in [5.74, 6) is 1.19. The Balaban J connectivity index is 1.91. The second-order valence-electron chi connectivity index (χ2n) is 7.67. The maximum Gasteiger partial charge on any atom is 0.339 e. The summed E-state index contributed by atoms with van der Waals surface area (Å²) in [5.41, 5.74) is 6.82. The molecule has 0 bridgehead atoms. The Morgan fingerprint density at radius 2 is 2.07 bits per heavy atom. The van der Waals surface area contributed by atoms with E-state index in [1.807, 2.05) is 13.8 Å². The molecule has 1 atom stereocenters. The largest absolute Gasteiger partial charge is 0.493 e. The number of carbonyl (C=O) groups is 1. The Morgan fingerprint density at radius 3 is 2.79 bits per heavy atom. The van der Waals surface area contributed by atoms with Gasteiger partial charge in [0.15, 0.2) is 6.10 Å². The Labute approximate surface area is 166 Å². The van der Waals surface area contributed by atoms with Gasteiger partial charge in [-0.25, -0.2) is 4.79 Å². The molecule has 1 saturated carbocycles. The monoisotopic (exact) mass is 380 g/mol. The third-order valence-corrected chi connectivity index (χ3v) is 5.72. The lowest BCUT2D eigenvalue weighted by atomic mass is 9.85. The molecular weight excluding hydrogens is 352 g/mol. The second-order valence-corrected chi connectivity index (χ2v) is 7.67. The van der Waals surface area contributed by atoms with E-state index in [0.717, 1.165) is 47.5 Å². The van der Waals surface area contributed by atoms with Crippen molar-refractivity contribution in [2.24, 2.45) is 0 Å². The molecule has 1 aliphatic heterocycles. The van der Waals surface area contributed by atoms with Gasteiger partial charge < -0.3 is 14.2 Å². The van der Waals surface area contributed by atoms with Crippen LogP contribution in [0.15, 0.2) is 30.3 Å². The van der Waals surface area contributed by atoms with E-state index >= 15 is 0 Å². The van der Waals surface area contributed by atoms with Crippen LogP contribution in [0.25, 0.3) is 11.1 Å². The summed E-state index contributed by atoms with van der Waals surface area (Å²) in [7, 11) is 1.42. The van der Waals surface area contributed by atoms with E-state index in [-0.39, 0.29) is 5.97 Å². The lowest BCUT2D eigenvalue weighted by Gasteiger charge is -2.25. The molecule has 1 fully saturated rings. The normalized spacial score (nSPS) is 16.8. The van der Waals surface area contributed by atoms with Crippen LogP contribution in [-0.2, 0) is 20.7 Å². The van der Waals surface area contributed by atoms with Crippen molar-refractivity contribution in [1.29, 1.82) is 0 Å². The van der Waals surface area contributed by atoms with Crippen LogP contribution in [0.5, 0.6) is 5.75 Å². The van der Waals surface area contributed by atoms with E-state index in [1.54, 1.807) is 0 Å². The van der Waals surface area contributed by atoms with E-state index in [1.165, 1.54) is 31.1 Å². The quantitative estimate of drug-likeness (QED) is 0.653. The number of rotatable bonds is 6. The predicted molar refractivity (Wildman–Crippen MR) is 109 cm³/mol. The zero-order valence-corrected chi connectivity index (χ0v) is 16.9. The molecule has 0 spiro atoms. The first-order valence-corrected chi connectivity index (χ1v) is 10.2. The minimum atomic E-state index is -0.712. The number of aryl methyl sites for hydroxylation is 2. The molecule has 1 heterocycles. The van der Waals surface area contributed by atoms with Gasteiger partial charge in [-0.3, -0.25) is 0 Å². The summed E-state index contributed by atoms with van der Waals surface area (Å²) in [4.78, 5) is 12.6. The Kier molecular flexibility index (Phi) is 5.40. The first-order chi connectivity index (χ1) is 13.6. The fourth-order valence-electron chi connectivity index (χ4n) is 4.19. The molecule has 28 heavy (non-hydrogen) atoms. The fourth-order valence-corrected chi connectivity index (χ4v) is 4.19. The first kappa shape index (κ1) is 19.0. The minimum Gasteiger partial charge on any atom is -0.493 e.